The van der Waals surface area contributed by atoms with E-state index in [0.29, 0.717) is 0 Å². The second-order valence-electron chi connectivity index (χ2n) is 14.3. The first-order chi connectivity index (χ1) is 21.5. The third-order valence-electron chi connectivity index (χ3n) is 8.18. The molecule has 0 aromatic heterocycles. The molecule has 0 radical (unpaired) electrons. The lowest BCUT2D eigenvalue weighted by Gasteiger charge is -2.46. The Kier molecular flexibility index (Phi) is 10.7. The highest BCUT2D eigenvalue weighted by molar-refractivity contribution is 6.99. The van der Waals surface area contributed by atoms with Gasteiger partial charge in [0.1, 0.15) is 11.4 Å². The third kappa shape index (κ3) is 7.82. The number of halogens is 2. The lowest BCUT2D eigenvalue weighted by atomic mass is 9.93. The van der Waals surface area contributed by atoms with Gasteiger partial charge in [-0.3, -0.25) is 9.69 Å². The van der Waals surface area contributed by atoms with Gasteiger partial charge in [-0.25, -0.2) is 9.18 Å². The van der Waals surface area contributed by atoms with E-state index >= 15 is 0 Å². The van der Waals surface area contributed by atoms with Crippen molar-refractivity contribution >= 4 is 42.3 Å². The van der Waals surface area contributed by atoms with Crippen LogP contribution in [0.5, 0.6) is 0 Å². The molecule has 0 bridgehead atoms. The van der Waals surface area contributed by atoms with Gasteiger partial charge in [-0.2, -0.15) is 0 Å². The lowest BCUT2D eigenvalue weighted by molar-refractivity contribution is -0.144. The zero-order valence-corrected chi connectivity index (χ0v) is 29.8. The highest BCUT2D eigenvalue weighted by atomic mass is 35.5. The standard InChI is InChI=1S/C36H46ClFN2O5Si/c1-34(2,3)45-33(42)40-22-30(32(41)39-36(7,8)28-20-15-21-29(37)31(28)38)43-23-25(40)24-44-46(35(4,5)6,26-16-11-9-12-17-26)27-18-13-10-14-19-27/h9-21,25,30H,22-24H2,1-8H3,(H,39,41)/t25-,30+/m1/s1. The van der Waals surface area contributed by atoms with Crippen molar-refractivity contribution in [2.75, 3.05) is 19.8 Å². The number of nitrogens with one attached hydrogen (secondary N) is 1. The van der Waals surface area contributed by atoms with Crippen LogP contribution in [0.15, 0.2) is 78.9 Å². The maximum atomic E-state index is 14.9. The highest BCUT2D eigenvalue weighted by Crippen LogP contribution is 2.37. The topological polar surface area (TPSA) is 77.1 Å². The predicted molar refractivity (Wildman–Crippen MR) is 183 cm³/mol. The molecule has 10 heteroatoms. The van der Waals surface area contributed by atoms with Crippen molar-refractivity contribution in [3.8, 4) is 0 Å². The molecule has 3 aromatic carbocycles. The minimum absolute atomic E-state index is 0.0337. The molecule has 1 aliphatic heterocycles. The first-order valence-electron chi connectivity index (χ1n) is 15.6. The molecule has 1 heterocycles. The SMILES string of the molecule is CC(C)(C)OC(=O)N1C[C@@H](C(=O)NC(C)(C)c2cccc(Cl)c2F)OC[C@@H]1CO[Si](c1ccccc1)(c1ccccc1)C(C)(C)C. The van der Waals surface area contributed by atoms with E-state index in [4.69, 9.17) is 25.5 Å². The first-order valence-corrected chi connectivity index (χ1v) is 17.9. The fraction of sp³-hybridized carbons (Fsp3) is 0.444. The average Bonchev–Trinajstić information content (AvgIpc) is 2.98. The summed E-state index contributed by atoms with van der Waals surface area (Å²) in [6, 6.07) is 24.6. The second-order valence-corrected chi connectivity index (χ2v) is 19.0. The number of morpholine rings is 1. The molecule has 0 aliphatic carbocycles. The average molecular weight is 669 g/mol. The van der Waals surface area contributed by atoms with Crippen LogP contribution in [-0.2, 0) is 24.2 Å². The lowest BCUT2D eigenvalue weighted by Crippen LogP contribution is -2.68. The van der Waals surface area contributed by atoms with Gasteiger partial charge in [-0.05, 0) is 56.1 Å². The molecule has 0 unspecified atom stereocenters. The van der Waals surface area contributed by atoms with Gasteiger partial charge in [0, 0.05) is 5.56 Å². The van der Waals surface area contributed by atoms with Crippen LogP contribution < -0.4 is 15.7 Å². The van der Waals surface area contributed by atoms with E-state index in [0.717, 1.165) is 10.4 Å². The molecule has 1 N–H and O–H groups in total. The smallest absolute Gasteiger partial charge is 0.410 e. The zero-order chi connectivity index (χ0) is 33.9. The predicted octanol–water partition coefficient (Wildman–Crippen LogP) is 6.41. The van der Waals surface area contributed by atoms with E-state index in [2.05, 4.69) is 50.4 Å². The van der Waals surface area contributed by atoms with E-state index in [9.17, 15) is 14.0 Å². The van der Waals surface area contributed by atoms with E-state index in [1.165, 1.54) is 11.0 Å². The van der Waals surface area contributed by atoms with Crippen LogP contribution in [0, 0.1) is 5.82 Å². The van der Waals surface area contributed by atoms with E-state index in [1.807, 2.05) is 36.4 Å². The van der Waals surface area contributed by atoms with Crippen LogP contribution in [0.3, 0.4) is 0 Å². The zero-order valence-electron chi connectivity index (χ0n) is 28.0. The molecular formula is C36H46ClFN2O5Si. The Labute approximate surface area is 278 Å². The summed E-state index contributed by atoms with van der Waals surface area (Å²) in [4.78, 5) is 28.7. The molecular weight excluding hydrogens is 623 g/mol. The van der Waals surface area contributed by atoms with Crippen molar-refractivity contribution in [2.24, 2.45) is 0 Å². The van der Waals surface area contributed by atoms with Crippen molar-refractivity contribution in [1.82, 2.24) is 10.2 Å². The maximum absolute atomic E-state index is 14.9. The summed E-state index contributed by atoms with van der Waals surface area (Å²) in [5.74, 6) is -1.08. The van der Waals surface area contributed by atoms with Crippen LogP contribution in [-0.4, -0.2) is 62.7 Å². The fourth-order valence-corrected chi connectivity index (χ4v) is 10.7. The Balaban J connectivity index is 1.63. The Morgan fingerprint density at radius 3 is 2.00 bits per heavy atom. The summed E-state index contributed by atoms with van der Waals surface area (Å²) in [5, 5.41) is 4.81. The number of carbonyl (C=O) groups is 2. The van der Waals surface area contributed by atoms with Crippen LogP contribution in [0.25, 0.3) is 0 Å². The minimum atomic E-state index is -2.92. The van der Waals surface area contributed by atoms with Crippen molar-refractivity contribution in [2.45, 2.75) is 83.7 Å². The van der Waals surface area contributed by atoms with Gasteiger partial charge >= 0.3 is 6.09 Å². The van der Waals surface area contributed by atoms with E-state index < -0.39 is 49.4 Å². The number of carbonyl (C=O) groups excluding carboxylic acids is 2. The van der Waals surface area contributed by atoms with Gasteiger partial charge in [0.05, 0.1) is 36.4 Å². The molecule has 2 amide bonds. The Morgan fingerprint density at radius 2 is 1.48 bits per heavy atom. The van der Waals surface area contributed by atoms with Crippen molar-refractivity contribution in [3.63, 3.8) is 0 Å². The number of rotatable bonds is 8. The highest BCUT2D eigenvalue weighted by Gasteiger charge is 2.51. The van der Waals surface area contributed by atoms with Gasteiger partial charge in [-0.15, -0.1) is 0 Å². The van der Waals surface area contributed by atoms with Crippen LogP contribution in [0.4, 0.5) is 9.18 Å². The van der Waals surface area contributed by atoms with Gasteiger partial charge in [0.2, 0.25) is 0 Å². The molecule has 0 saturated carbocycles. The summed E-state index contributed by atoms with van der Waals surface area (Å²) < 4.78 is 33.9. The molecule has 46 heavy (non-hydrogen) atoms. The van der Waals surface area contributed by atoms with Crippen LogP contribution in [0.1, 0.15) is 61.0 Å². The normalized spacial score (nSPS) is 17.8. The molecule has 2 atom stereocenters. The van der Waals surface area contributed by atoms with E-state index in [-0.39, 0.29) is 35.4 Å². The summed E-state index contributed by atoms with van der Waals surface area (Å²) in [5.41, 5.74) is -1.62. The van der Waals surface area contributed by atoms with Gasteiger partial charge in [0.15, 0.2) is 6.10 Å². The number of ether oxygens (including phenoxy) is 2. The number of benzene rings is 3. The van der Waals surface area contributed by atoms with Crippen molar-refractivity contribution < 1.29 is 27.9 Å². The van der Waals surface area contributed by atoms with Crippen LogP contribution >= 0.6 is 11.6 Å². The molecule has 4 rings (SSSR count). The van der Waals surface area contributed by atoms with Crippen molar-refractivity contribution in [1.29, 1.82) is 0 Å². The summed E-state index contributed by atoms with van der Waals surface area (Å²) in [6.45, 7) is 15.5. The number of hydrogen-bond donors (Lipinski definition) is 1. The fourth-order valence-electron chi connectivity index (χ4n) is 5.96. The van der Waals surface area contributed by atoms with Gasteiger partial charge in [0.25, 0.3) is 14.2 Å². The summed E-state index contributed by atoms with van der Waals surface area (Å²) in [7, 11) is -2.92. The number of amides is 2. The molecule has 3 aromatic rings. The Morgan fingerprint density at radius 1 is 0.913 bits per heavy atom. The largest absolute Gasteiger partial charge is 0.444 e. The van der Waals surface area contributed by atoms with Gasteiger partial charge in [-0.1, -0.05) is 105 Å². The Hall–Kier alpha value is -3.24. The van der Waals surface area contributed by atoms with Crippen LogP contribution in [0.2, 0.25) is 10.1 Å². The molecule has 1 saturated heterocycles. The quantitative estimate of drug-likeness (QED) is 0.281. The number of hydrogen-bond acceptors (Lipinski definition) is 5. The number of nitrogens with zero attached hydrogens (tertiary/aromatic N) is 1. The summed E-state index contributed by atoms with van der Waals surface area (Å²) >= 11 is 6.02. The van der Waals surface area contributed by atoms with Gasteiger partial charge < -0.3 is 19.2 Å². The first kappa shape index (κ1) is 35.6. The third-order valence-corrected chi connectivity index (χ3v) is 13.5. The second kappa shape index (κ2) is 13.9. The molecule has 1 fully saturated rings. The van der Waals surface area contributed by atoms with Crippen molar-refractivity contribution in [3.05, 3.63) is 95.3 Å². The van der Waals surface area contributed by atoms with E-state index in [1.54, 1.807) is 46.8 Å². The Bertz CT molecular complexity index is 1470. The molecule has 0 spiro atoms. The maximum Gasteiger partial charge on any atom is 0.410 e. The monoisotopic (exact) mass is 668 g/mol. The minimum Gasteiger partial charge on any atom is -0.444 e. The molecule has 248 valence electrons. The molecule has 7 nitrogen and oxygen atoms in total. The summed E-state index contributed by atoms with van der Waals surface area (Å²) in [6.07, 6.45) is -1.58. The molecule has 1 aliphatic rings.